The van der Waals surface area contributed by atoms with E-state index in [9.17, 15) is 9.59 Å². The first-order chi connectivity index (χ1) is 26.5. The summed E-state index contributed by atoms with van der Waals surface area (Å²) in [6.45, 7) is 9.18. The van der Waals surface area contributed by atoms with Gasteiger partial charge in [0.15, 0.2) is 11.5 Å². The van der Waals surface area contributed by atoms with Crippen LogP contribution in [0.5, 0.6) is 23.0 Å². The number of ether oxygens (including phenoxy) is 8. The molecule has 6 rings (SSSR count). The van der Waals surface area contributed by atoms with Gasteiger partial charge in [0.1, 0.15) is 49.1 Å². The minimum absolute atomic E-state index is 0.0994. The van der Waals surface area contributed by atoms with Crippen LogP contribution in [0.4, 0.5) is 4.79 Å². The number of esters is 1. The molecule has 5 aromatic carbocycles. The lowest BCUT2D eigenvalue weighted by atomic mass is 9.92. The summed E-state index contributed by atoms with van der Waals surface area (Å²) < 4.78 is 47.5. The molecule has 1 aliphatic heterocycles. The second-order valence-corrected chi connectivity index (χ2v) is 14.3. The Morgan fingerprint density at radius 1 is 0.600 bits per heavy atom. The van der Waals surface area contributed by atoms with E-state index < -0.39 is 23.2 Å². The van der Waals surface area contributed by atoms with E-state index in [4.69, 9.17) is 37.9 Å². The van der Waals surface area contributed by atoms with Crippen molar-refractivity contribution in [2.24, 2.45) is 0 Å². The summed E-state index contributed by atoms with van der Waals surface area (Å²) in [5.74, 6) is 1.78. The van der Waals surface area contributed by atoms with Crippen LogP contribution in [-0.2, 0) is 30.2 Å². The van der Waals surface area contributed by atoms with Gasteiger partial charge in [-0.2, -0.15) is 0 Å². The molecule has 0 radical (unpaired) electrons. The molecule has 55 heavy (non-hydrogen) atoms. The van der Waals surface area contributed by atoms with Crippen molar-refractivity contribution >= 4 is 33.6 Å². The molecule has 11 nitrogen and oxygen atoms in total. The van der Waals surface area contributed by atoms with Crippen LogP contribution in [0.1, 0.15) is 33.3 Å². The van der Waals surface area contributed by atoms with Gasteiger partial charge in [0.05, 0.1) is 33.5 Å². The maximum absolute atomic E-state index is 12.9. The molecule has 11 heteroatoms. The number of nitrogens with one attached hydrogen (secondary N) is 1. The third-order valence-corrected chi connectivity index (χ3v) is 8.95. The summed E-state index contributed by atoms with van der Waals surface area (Å²) in [6, 6.07) is 30.0. The lowest BCUT2D eigenvalue weighted by Crippen LogP contribution is -2.55. The summed E-state index contributed by atoms with van der Waals surface area (Å²) in [5, 5.41) is 6.98. The molecule has 1 aliphatic rings. The van der Waals surface area contributed by atoms with Gasteiger partial charge >= 0.3 is 12.1 Å². The summed E-state index contributed by atoms with van der Waals surface area (Å²) in [4.78, 5) is 25.6. The summed E-state index contributed by atoms with van der Waals surface area (Å²) in [6.07, 6.45) is -0.633. The molecule has 1 heterocycles. The standard InChI is InChI=1S/C44H49NO10/c1-43(2,3)55-42(47)45-44(4,41(46)48-5)29-30-14-17-35-38(28-30)54-27-23-50-22-26-53-37-19-16-32-11-7-9-13-34(32)40(37)39-33-12-8-6-10-31(33)15-18-36(39)52-25-21-49-20-24-51-35/h6-19,28H,20-27,29H2,1-5H3,(H,45,47)/t44-/m0/s1. The zero-order valence-corrected chi connectivity index (χ0v) is 32.1. The Kier molecular flexibility index (Phi) is 12.6. The first kappa shape index (κ1) is 39.2. The molecule has 0 fully saturated rings. The molecule has 0 bridgehead atoms. The largest absolute Gasteiger partial charge is 0.491 e. The third-order valence-electron chi connectivity index (χ3n) is 8.95. The summed E-state index contributed by atoms with van der Waals surface area (Å²) in [5.41, 5.74) is 0.440. The van der Waals surface area contributed by atoms with Gasteiger partial charge in [-0.3, -0.25) is 0 Å². The van der Waals surface area contributed by atoms with E-state index in [0.29, 0.717) is 50.1 Å². The third kappa shape index (κ3) is 9.97. The number of hydrogen-bond acceptors (Lipinski definition) is 10. The zero-order valence-electron chi connectivity index (χ0n) is 32.1. The Hall–Kier alpha value is -5.52. The SMILES string of the molecule is COC(=O)[C@](C)(Cc1ccc2c(c1)OCCOCCOc1ccc3ccccc3c1-c1c(ccc3ccccc13)OCCOCCO2)NC(=O)OC(C)(C)C. The van der Waals surface area contributed by atoms with Gasteiger partial charge < -0.3 is 43.2 Å². The molecule has 1 N–H and O–H groups in total. The smallest absolute Gasteiger partial charge is 0.408 e. The number of carbonyl (C=O) groups is 2. The fourth-order valence-corrected chi connectivity index (χ4v) is 6.53. The highest BCUT2D eigenvalue weighted by atomic mass is 16.6. The highest BCUT2D eigenvalue weighted by molar-refractivity contribution is 6.09. The Morgan fingerprint density at radius 3 is 1.58 bits per heavy atom. The monoisotopic (exact) mass is 751 g/mol. The zero-order chi connectivity index (χ0) is 38.8. The molecule has 0 spiro atoms. The van der Waals surface area contributed by atoms with Crippen LogP contribution in [0.3, 0.4) is 0 Å². The van der Waals surface area contributed by atoms with Crippen LogP contribution in [0.15, 0.2) is 91.0 Å². The summed E-state index contributed by atoms with van der Waals surface area (Å²) >= 11 is 0. The number of rotatable bonds is 4. The fourth-order valence-electron chi connectivity index (χ4n) is 6.53. The van der Waals surface area contributed by atoms with Crippen LogP contribution in [0.2, 0.25) is 0 Å². The number of alkyl carbamates (subject to hydrolysis) is 1. The van der Waals surface area contributed by atoms with Crippen molar-refractivity contribution in [2.75, 3.05) is 60.0 Å². The Bertz CT molecular complexity index is 2110. The number of amides is 1. The van der Waals surface area contributed by atoms with Crippen molar-refractivity contribution in [3.05, 3.63) is 96.6 Å². The average Bonchev–Trinajstić information content (AvgIpc) is 3.16. The van der Waals surface area contributed by atoms with Crippen LogP contribution in [0, 0.1) is 0 Å². The predicted octanol–water partition coefficient (Wildman–Crippen LogP) is 7.92. The minimum Gasteiger partial charge on any atom is -0.491 e. The molecule has 1 atom stereocenters. The van der Waals surface area contributed by atoms with Crippen molar-refractivity contribution in [1.29, 1.82) is 0 Å². The normalized spacial score (nSPS) is 15.6. The molecule has 0 saturated heterocycles. The lowest BCUT2D eigenvalue weighted by Gasteiger charge is -2.30. The van der Waals surface area contributed by atoms with Gasteiger partial charge in [0, 0.05) is 17.5 Å². The van der Waals surface area contributed by atoms with E-state index in [0.717, 1.165) is 44.2 Å². The lowest BCUT2D eigenvalue weighted by molar-refractivity contribution is -0.147. The maximum atomic E-state index is 12.9. The highest BCUT2D eigenvalue weighted by Gasteiger charge is 2.38. The first-order valence-corrected chi connectivity index (χ1v) is 18.5. The van der Waals surface area contributed by atoms with E-state index in [1.165, 1.54) is 7.11 Å². The molecule has 0 aromatic heterocycles. The van der Waals surface area contributed by atoms with Crippen LogP contribution >= 0.6 is 0 Å². The maximum Gasteiger partial charge on any atom is 0.408 e. The molecule has 5 aromatic rings. The molecule has 0 aliphatic carbocycles. The average molecular weight is 752 g/mol. The molecule has 1 amide bonds. The predicted molar refractivity (Wildman–Crippen MR) is 210 cm³/mol. The fraction of sp³-hybridized carbons (Fsp3) is 0.364. The van der Waals surface area contributed by atoms with Crippen LogP contribution in [0.25, 0.3) is 32.7 Å². The second-order valence-electron chi connectivity index (χ2n) is 14.3. The van der Waals surface area contributed by atoms with Crippen molar-refractivity contribution in [3.63, 3.8) is 0 Å². The number of hydrogen-bond donors (Lipinski definition) is 1. The van der Waals surface area contributed by atoms with Gasteiger partial charge in [-0.25, -0.2) is 9.59 Å². The molecular weight excluding hydrogens is 702 g/mol. The van der Waals surface area contributed by atoms with Crippen molar-refractivity contribution in [2.45, 2.75) is 45.3 Å². The van der Waals surface area contributed by atoms with E-state index >= 15 is 0 Å². The summed E-state index contributed by atoms with van der Waals surface area (Å²) in [7, 11) is 1.27. The van der Waals surface area contributed by atoms with Gasteiger partial charge in [-0.1, -0.05) is 66.7 Å². The molecule has 0 unspecified atom stereocenters. The van der Waals surface area contributed by atoms with E-state index in [2.05, 4.69) is 41.7 Å². The van der Waals surface area contributed by atoms with E-state index in [-0.39, 0.29) is 26.2 Å². The minimum atomic E-state index is -1.42. The molecule has 0 saturated carbocycles. The number of benzene rings is 5. The quantitative estimate of drug-likeness (QED) is 0.181. The Balaban J connectivity index is 1.22. The first-order valence-electron chi connectivity index (χ1n) is 18.5. The van der Waals surface area contributed by atoms with Crippen molar-refractivity contribution in [3.8, 4) is 34.1 Å². The second kappa shape index (κ2) is 17.7. The van der Waals surface area contributed by atoms with E-state index in [1.54, 1.807) is 39.8 Å². The van der Waals surface area contributed by atoms with Gasteiger partial charge in [-0.05, 0) is 79.1 Å². The number of fused-ring (bicyclic) bond motifs is 8. The van der Waals surface area contributed by atoms with E-state index in [1.807, 2.05) is 42.5 Å². The van der Waals surface area contributed by atoms with Crippen LogP contribution in [-0.4, -0.2) is 83.2 Å². The van der Waals surface area contributed by atoms with Gasteiger partial charge in [-0.15, -0.1) is 0 Å². The molecule has 290 valence electrons. The number of carbonyl (C=O) groups excluding carboxylic acids is 2. The van der Waals surface area contributed by atoms with Gasteiger partial charge in [0.2, 0.25) is 0 Å². The Labute approximate surface area is 321 Å². The molecular formula is C44H49NO10. The highest BCUT2D eigenvalue weighted by Crippen LogP contribution is 2.45. The van der Waals surface area contributed by atoms with Crippen molar-refractivity contribution in [1.82, 2.24) is 5.32 Å². The van der Waals surface area contributed by atoms with Crippen molar-refractivity contribution < 1.29 is 47.5 Å². The van der Waals surface area contributed by atoms with Gasteiger partial charge in [0.25, 0.3) is 0 Å². The Morgan fingerprint density at radius 2 is 1.07 bits per heavy atom. The number of methoxy groups -OCH3 is 1. The topological polar surface area (TPSA) is 120 Å². The van der Waals surface area contributed by atoms with Crippen LogP contribution < -0.4 is 24.3 Å².